The summed E-state index contributed by atoms with van der Waals surface area (Å²) < 4.78 is 6.82. The predicted molar refractivity (Wildman–Crippen MR) is 238 cm³/mol. The number of benzene rings is 9. The maximum Gasteiger partial charge on any atom is 0.135 e. The molecule has 270 valence electrons. The van der Waals surface area contributed by atoms with E-state index in [4.69, 9.17) is 4.74 Å². The Balaban J connectivity index is 1.09. The highest BCUT2D eigenvalue weighted by molar-refractivity contribution is 6.00. The lowest BCUT2D eigenvalue weighted by molar-refractivity contribution is 0.488. The molecule has 1 aliphatic carbocycles. The summed E-state index contributed by atoms with van der Waals surface area (Å²) in [7, 11) is 0. The third-order valence-electron chi connectivity index (χ3n) is 12.1. The number of hydrogen-bond acceptors (Lipinski definition) is 2. The standard InChI is InChI=1S/C55H39NO/c1-55(2)51-21-10-8-18-46(51)47-31-28-42(35-52(47)55)56(40-26-23-37(24-27-40)36-13-4-3-5-14-36)41-29-32-54-50(34-41)45-30-25-39(33-49(45)48-19-9-11-22-53(48)57-54)44-20-12-16-38-15-6-7-17-43(38)44/h3-35H,1-2H3. The molecule has 9 aromatic rings. The molecule has 0 spiro atoms. The van der Waals surface area contributed by atoms with Gasteiger partial charge in [-0.1, -0.05) is 159 Å². The van der Waals surface area contributed by atoms with Crippen molar-refractivity contribution in [3.63, 3.8) is 0 Å². The maximum absolute atomic E-state index is 6.82. The normalized spacial score (nSPS) is 13.0. The Morgan fingerprint density at radius 2 is 0.947 bits per heavy atom. The second kappa shape index (κ2) is 13.0. The van der Waals surface area contributed by atoms with Crippen molar-refractivity contribution in [1.29, 1.82) is 0 Å². The van der Waals surface area contributed by atoms with Gasteiger partial charge in [-0.05, 0) is 121 Å². The zero-order chi connectivity index (χ0) is 38.1. The third-order valence-corrected chi connectivity index (χ3v) is 12.1. The molecule has 57 heavy (non-hydrogen) atoms. The summed E-state index contributed by atoms with van der Waals surface area (Å²) in [4.78, 5) is 2.40. The molecule has 0 aromatic heterocycles. The number of rotatable bonds is 5. The Bertz CT molecular complexity index is 3010. The molecule has 0 saturated carbocycles. The lowest BCUT2D eigenvalue weighted by Gasteiger charge is -2.29. The number of para-hydroxylation sites is 1. The van der Waals surface area contributed by atoms with Crippen LogP contribution < -0.4 is 9.64 Å². The molecule has 0 atom stereocenters. The minimum Gasteiger partial charge on any atom is -0.456 e. The number of nitrogens with zero attached hydrogens (tertiary/aromatic N) is 1. The summed E-state index contributed by atoms with van der Waals surface area (Å²) in [6.45, 7) is 4.70. The lowest BCUT2D eigenvalue weighted by atomic mass is 9.82. The molecule has 2 nitrogen and oxygen atoms in total. The Morgan fingerprint density at radius 3 is 1.82 bits per heavy atom. The van der Waals surface area contributed by atoms with Crippen LogP contribution in [0.2, 0.25) is 0 Å². The van der Waals surface area contributed by atoms with E-state index in [9.17, 15) is 0 Å². The second-order valence-corrected chi connectivity index (χ2v) is 15.7. The average molecular weight is 730 g/mol. The fourth-order valence-electron chi connectivity index (χ4n) is 9.21. The highest BCUT2D eigenvalue weighted by Crippen LogP contribution is 2.53. The van der Waals surface area contributed by atoms with Gasteiger partial charge in [-0.3, -0.25) is 0 Å². The average Bonchev–Trinajstić information content (AvgIpc) is 3.40. The molecule has 0 amide bonds. The van der Waals surface area contributed by atoms with Gasteiger partial charge in [0.05, 0.1) is 0 Å². The minimum atomic E-state index is -0.126. The Hall–Kier alpha value is -7.16. The summed E-state index contributed by atoms with van der Waals surface area (Å²) in [5, 5.41) is 2.48. The molecular weight excluding hydrogens is 691 g/mol. The van der Waals surface area contributed by atoms with Gasteiger partial charge in [0.25, 0.3) is 0 Å². The number of anilines is 3. The van der Waals surface area contributed by atoms with E-state index in [0.29, 0.717) is 0 Å². The molecule has 0 N–H and O–H groups in total. The van der Waals surface area contributed by atoms with Gasteiger partial charge in [0.1, 0.15) is 11.5 Å². The first kappa shape index (κ1) is 33.2. The Morgan fingerprint density at radius 1 is 0.351 bits per heavy atom. The smallest absolute Gasteiger partial charge is 0.135 e. The quantitative estimate of drug-likeness (QED) is 0.175. The first-order valence-corrected chi connectivity index (χ1v) is 19.8. The summed E-state index contributed by atoms with van der Waals surface area (Å²) in [6, 6.07) is 72.6. The summed E-state index contributed by atoms with van der Waals surface area (Å²) in [5.74, 6) is 1.70. The topological polar surface area (TPSA) is 12.5 Å². The van der Waals surface area contributed by atoms with Crippen LogP contribution in [0.3, 0.4) is 0 Å². The minimum absolute atomic E-state index is 0.126. The zero-order valence-electron chi connectivity index (χ0n) is 31.9. The van der Waals surface area contributed by atoms with Crippen molar-refractivity contribution in [2.45, 2.75) is 19.3 Å². The van der Waals surface area contributed by atoms with E-state index in [1.165, 1.54) is 55.3 Å². The van der Waals surface area contributed by atoms with Crippen molar-refractivity contribution in [3.05, 3.63) is 211 Å². The van der Waals surface area contributed by atoms with Crippen molar-refractivity contribution in [2.75, 3.05) is 4.90 Å². The van der Waals surface area contributed by atoms with E-state index >= 15 is 0 Å². The highest BCUT2D eigenvalue weighted by atomic mass is 16.5. The second-order valence-electron chi connectivity index (χ2n) is 15.7. The third kappa shape index (κ3) is 5.40. The van der Waals surface area contributed by atoms with Gasteiger partial charge in [0, 0.05) is 33.6 Å². The molecule has 1 heterocycles. The molecule has 11 rings (SSSR count). The van der Waals surface area contributed by atoms with Crippen molar-refractivity contribution < 1.29 is 4.74 Å². The molecule has 2 aliphatic rings. The van der Waals surface area contributed by atoms with E-state index < -0.39 is 0 Å². The largest absolute Gasteiger partial charge is 0.456 e. The molecule has 1 aliphatic heterocycles. The van der Waals surface area contributed by atoms with Gasteiger partial charge in [-0.25, -0.2) is 0 Å². The highest BCUT2D eigenvalue weighted by Gasteiger charge is 2.36. The molecule has 0 unspecified atom stereocenters. The lowest BCUT2D eigenvalue weighted by Crippen LogP contribution is -2.16. The van der Waals surface area contributed by atoms with Crippen LogP contribution in [-0.2, 0) is 5.41 Å². The molecule has 9 aromatic carbocycles. The fraction of sp³-hybridized carbons (Fsp3) is 0.0545. The van der Waals surface area contributed by atoms with Crippen LogP contribution in [0.1, 0.15) is 25.0 Å². The number of ether oxygens (including phenoxy) is 1. The van der Waals surface area contributed by atoms with Gasteiger partial charge in [0.15, 0.2) is 0 Å². The number of hydrogen-bond donors (Lipinski definition) is 0. The summed E-state index contributed by atoms with van der Waals surface area (Å²) >= 11 is 0. The van der Waals surface area contributed by atoms with Crippen LogP contribution in [-0.4, -0.2) is 0 Å². The van der Waals surface area contributed by atoms with Crippen molar-refractivity contribution in [2.24, 2.45) is 0 Å². The van der Waals surface area contributed by atoms with Gasteiger partial charge in [-0.2, -0.15) is 0 Å². The van der Waals surface area contributed by atoms with Gasteiger partial charge in [-0.15, -0.1) is 0 Å². The van der Waals surface area contributed by atoms with Crippen LogP contribution >= 0.6 is 0 Å². The van der Waals surface area contributed by atoms with Crippen LogP contribution in [0.25, 0.3) is 66.4 Å². The Kier molecular flexibility index (Phi) is 7.55. The first-order chi connectivity index (χ1) is 28.0. The van der Waals surface area contributed by atoms with Crippen LogP contribution in [0, 0.1) is 0 Å². The van der Waals surface area contributed by atoms with E-state index in [-0.39, 0.29) is 5.41 Å². The van der Waals surface area contributed by atoms with Crippen LogP contribution in [0.15, 0.2) is 200 Å². The van der Waals surface area contributed by atoms with Gasteiger partial charge >= 0.3 is 0 Å². The zero-order valence-corrected chi connectivity index (χ0v) is 31.9. The summed E-state index contributed by atoms with van der Waals surface area (Å²) in [6.07, 6.45) is 0. The molecule has 0 fully saturated rings. The molecule has 0 bridgehead atoms. The van der Waals surface area contributed by atoms with Crippen molar-refractivity contribution in [1.82, 2.24) is 0 Å². The summed E-state index contributed by atoms with van der Waals surface area (Å²) in [5.41, 5.74) is 17.7. The van der Waals surface area contributed by atoms with E-state index in [1.807, 2.05) is 0 Å². The van der Waals surface area contributed by atoms with Crippen molar-refractivity contribution in [3.8, 4) is 67.1 Å². The maximum atomic E-state index is 6.82. The monoisotopic (exact) mass is 729 g/mol. The van der Waals surface area contributed by atoms with Crippen LogP contribution in [0.5, 0.6) is 11.5 Å². The fourth-order valence-corrected chi connectivity index (χ4v) is 9.21. The van der Waals surface area contributed by atoms with Gasteiger partial charge < -0.3 is 9.64 Å². The molecular formula is C55H39NO. The van der Waals surface area contributed by atoms with Gasteiger partial charge in [0.2, 0.25) is 0 Å². The predicted octanol–water partition coefficient (Wildman–Crippen LogP) is 15.4. The Labute approximate surface area is 333 Å². The number of fused-ring (bicyclic) bond motifs is 9. The van der Waals surface area contributed by atoms with Crippen LogP contribution in [0.4, 0.5) is 17.1 Å². The molecule has 2 heteroatoms. The van der Waals surface area contributed by atoms with E-state index in [1.54, 1.807) is 0 Å². The SMILES string of the molecule is CC1(C)c2ccccc2-c2ccc(N(c3ccc(-c4ccccc4)cc3)c3ccc4c(c3)-c3ccc(-c5cccc6ccccc56)cc3-c3ccccc3O4)cc21. The first-order valence-electron chi connectivity index (χ1n) is 19.8. The van der Waals surface area contributed by atoms with Crippen molar-refractivity contribution >= 4 is 27.8 Å². The molecule has 0 saturated heterocycles. The molecule has 0 radical (unpaired) electrons. The van der Waals surface area contributed by atoms with E-state index in [0.717, 1.165) is 50.8 Å². The van der Waals surface area contributed by atoms with E-state index in [2.05, 4.69) is 219 Å².